The van der Waals surface area contributed by atoms with Gasteiger partial charge in [-0.25, -0.2) is 9.78 Å². The van der Waals surface area contributed by atoms with Crippen LogP contribution < -0.4 is 5.32 Å². The van der Waals surface area contributed by atoms with Gasteiger partial charge in [-0.05, 0) is 64.3 Å². The summed E-state index contributed by atoms with van der Waals surface area (Å²) in [6.07, 6.45) is 1.17. The first-order valence-electron chi connectivity index (χ1n) is 14.9. The van der Waals surface area contributed by atoms with Gasteiger partial charge in [0, 0.05) is 61.1 Å². The molecule has 244 valence electrons. The van der Waals surface area contributed by atoms with Gasteiger partial charge in [-0.15, -0.1) is 11.3 Å². The molecular formula is C32H36Cl2N6O4S2. The van der Waals surface area contributed by atoms with E-state index >= 15 is 0 Å². The third kappa shape index (κ3) is 9.01. The third-order valence-electron chi connectivity index (χ3n) is 7.21. The maximum Gasteiger partial charge on any atom is 0.408 e. The van der Waals surface area contributed by atoms with E-state index in [9.17, 15) is 9.59 Å². The number of ether oxygens (including phenoxy) is 1. The van der Waals surface area contributed by atoms with Gasteiger partial charge in [0.15, 0.2) is 4.34 Å². The highest BCUT2D eigenvalue weighted by Crippen LogP contribution is 2.35. The lowest BCUT2D eigenvalue weighted by Crippen LogP contribution is -2.43. The van der Waals surface area contributed by atoms with E-state index in [4.69, 9.17) is 37.4 Å². The topological polar surface area (TPSA) is 114 Å². The number of hydrogen-bond acceptors (Lipinski definition) is 10. The molecule has 1 saturated heterocycles. The molecule has 0 radical (unpaired) electrons. The van der Waals surface area contributed by atoms with Crippen LogP contribution in [0.1, 0.15) is 65.0 Å². The average molecular weight is 704 g/mol. The number of alkyl carbamates (subject to hydrolysis) is 1. The van der Waals surface area contributed by atoms with Crippen LogP contribution in [0, 0.1) is 0 Å². The molecule has 10 nitrogen and oxygen atoms in total. The number of halogens is 2. The summed E-state index contributed by atoms with van der Waals surface area (Å²) < 4.78 is 13.4. The highest BCUT2D eigenvalue weighted by Gasteiger charge is 2.28. The van der Waals surface area contributed by atoms with Gasteiger partial charge >= 0.3 is 6.09 Å². The smallest absolute Gasteiger partial charge is 0.408 e. The number of nitrogens with one attached hydrogen (secondary N) is 1. The van der Waals surface area contributed by atoms with Crippen molar-refractivity contribution < 1.29 is 18.8 Å². The summed E-state index contributed by atoms with van der Waals surface area (Å²) >= 11 is 15.2. The molecule has 1 fully saturated rings. The molecule has 0 spiro atoms. The Labute approximate surface area is 286 Å². The van der Waals surface area contributed by atoms with Gasteiger partial charge < -0.3 is 14.6 Å². The molecule has 2 amide bonds. The van der Waals surface area contributed by atoms with Crippen LogP contribution in [0.4, 0.5) is 4.79 Å². The van der Waals surface area contributed by atoms with Gasteiger partial charge in [0.25, 0.3) is 0 Å². The van der Waals surface area contributed by atoms with E-state index in [0.29, 0.717) is 15.9 Å². The molecule has 2 aromatic carbocycles. The lowest BCUT2D eigenvalue weighted by Gasteiger charge is -2.37. The van der Waals surface area contributed by atoms with Gasteiger partial charge in [0.05, 0.1) is 15.7 Å². The van der Waals surface area contributed by atoms with Crippen LogP contribution in [0.2, 0.25) is 10.0 Å². The van der Waals surface area contributed by atoms with E-state index in [1.165, 1.54) is 23.3 Å². The number of aromatic nitrogens is 3. The molecule has 4 aromatic rings. The monoisotopic (exact) mass is 702 g/mol. The average Bonchev–Trinajstić information content (AvgIpc) is 3.68. The van der Waals surface area contributed by atoms with Crippen LogP contribution >= 0.6 is 46.5 Å². The van der Waals surface area contributed by atoms with Crippen molar-refractivity contribution in [3.63, 3.8) is 0 Å². The molecule has 14 heteroatoms. The standard InChI is InChI=1S/C32H36Cl2N6O4S2/c1-19(35-30(42)43-32(3,4)5)29-37-28(38-44-29)23-8-6-7-22(16-23)27-18-45-31(36-27)46-40(20(2)41)24-11-13-39(14-12-24)17-21-9-10-25(33)26(34)15-21/h6-10,15-16,18-19,24H,11-14,17H2,1-5H3,(H,35,42)/t19-/m0/s1. The molecule has 0 bridgehead atoms. The highest BCUT2D eigenvalue weighted by atomic mass is 35.5. The van der Waals surface area contributed by atoms with Crippen LogP contribution in [-0.4, -0.2) is 61.1 Å². The fraction of sp³-hybridized carbons (Fsp3) is 0.406. The van der Waals surface area contributed by atoms with Crippen molar-refractivity contribution in [1.82, 2.24) is 29.6 Å². The van der Waals surface area contributed by atoms with Crippen LogP contribution in [0.15, 0.2) is 56.7 Å². The number of likely N-dealkylation sites (tertiary alicyclic amines) is 1. The molecule has 2 aromatic heterocycles. The maximum atomic E-state index is 12.7. The number of hydrogen-bond donors (Lipinski definition) is 1. The Morgan fingerprint density at radius 3 is 2.57 bits per heavy atom. The van der Waals surface area contributed by atoms with Crippen LogP contribution in [-0.2, 0) is 16.1 Å². The normalized spacial score (nSPS) is 15.0. The molecule has 1 atom stereocenters. The zero-order chi connectivity index (χ0) is 33.0. The zero-order valence-electron chi connectivity index (χ0n) is 26.3. The largest absolute Gasteiger partial charge is 0.444 e. The lowest BCUT2D eigenvalue weighted by molar-refractivity contribution is -0.125. The number of thiazole rings is 1. The van der Waals surface area contributed by atoms with Crippen LogP contribution in [0.5, 0.6) is 0 Å². The molecule has 0 unspecified atom stereocenters. The predicted octanol–water partition coefficient (Wildman–Crippen LogP) is 8.27. The minimum Gasteiger partial charge on any atom is -0.444 e. The first-order valence-corrected chi connectivity index (χ1v) is 17.3. The Balaban J connectivity index is 1.20. The third-order valence-corrected chi connectivity index (χ3v) is 10.1. The SMILES string of the molecule is CC(=O)N(Sc1nc(-c2cccc(-c3noc([C@H](C)NC(=O)OC(C)(C)C)n3)c2)cs1)C1CCN(Cc2ccc(Cl)c(Cl)c2)CC1. The van der Waals surface area contributed by atoms with Gasteiger partial charge in [-0.1, -0.05) is 52.6 Å². The van der Waals surface area contributed by atoms with Crippen molar-refractivity contribution >= 4 is 58.5 Å². The second-order valence-electron chi connectivity index (χ2n) is 12.1. The fourth-order valence-electron chi connectivity index (χ4n) is 5.01. The molecule has 0 saturated carbocycles. The molecule has 0 aliphatic carbocycles. The van der Waals surface area contributed by atoms with Crippen molar-refractivity contribution in [2.45, 2.75) is 76.0 Å². The molecule has 46 heavy (non-hydrogen) atoms. The maximum absolute atomic E-state index is 12.7. The number of rotatable bonds is 9. The Kier molecular flexibility index (Phi) is 10.9. The molecular weight excluding hydrogens is 667 g/mol. The summed E-state index contributed by atoms with van der Waals surface area (Å²) in [4.78, 5) is 36.6. The number of carbonyl (C=O) groups is 2. The van der Waals surface area contributed by atoms with E-state index in [1.54, 1.807) is 34.6 Å². The minimum atomic E-state index is -0.616. The van der Waals surface area contributed by atoms with Crippen molar-refractivity contribution in [2.24, 2.45) is 0 Å². The number of piperidine rings is 1. The highest BCUT2D eigenvalue weighted by molar-refractivity contribution is 7.99. The molecule has 1 N–H and O–H groups in total. The van der Waals surface area contributed by atoms with Gasteiger partial charge in [-0.2, -0.15) is 4.98 Å². The summed E-state index contributed by atoms with van der Waals surface area (Å²) in [7, 11) is 0. The zero-order valence-corrected chi connectivity index (χ0v) is 29.4. The van der Waals surface area contributed by atoms with E-state index in [0.717, 1.165) is 59.2 Å². The first-order chi connectivity index (χ1) is 21.8. The number of amides is 2. The van der Waals surface area contributed by atoms with Crippen LogP contribution in [0.3, 0.4) is 0 Å². The van der Waals surface area contributed by atoms with Gasteiger partial charge in [0.1, 0.15) is 11.6 Å². The van der Waals surface area contributed by atoms with Crippen molar-refractivity contribution in [2.75, 3.05) is 13.1 Å². The Bertz CT molecular complexity index is 1680. The minimum absolute atomic E-state index is 0.00924. The van der Waals surface area contributed by atoms with E-state index in [-0.39, 0.29) is 17.8 Å². The van der Waals surface area contributed by atoms with Crippen LogP contribution in [0.25, 0.3) is 22.6 Å². The second-order valence-corrected chi connectivity index (χ2v) is 15.0. The number of carbonyl (C=O) groups excluding carboxylic acids is 2. The van der Waals surface area contributed by atoms with E-state index < -0.39 is 17.7 Å². The van der Waals surface area contributed by atoms with Crippen molar-refractivity contribution in [3.05, 3.63) is 69.3 Å². The first kappa shape index (κ1) is 34.2. The molecule has 1 aliphatic rings. The predicted molar refractivity (Wildman–Crippen MR) is 182 cm³/mol. The number of nitrogens with zero attached hydrogens (tertiary/aromatic N) is 5. The Morgan fingerprint density at radius 2 is 1.87 bits per heavy atom. The van der Waals surface area contributed by atoms with E-state index in [2.05, 4.69) is 20.4 Å². The fourth-order valence-corrected chi connectivity index (χ4v) is 7.24. The van der Waals surface area contributed by atoms with Crippen molar-refractivity contribution in [1.29, 1.82) is 0 Å². The summed E-state index contributed by atoms with van der Waals surface area (Å²) in [5.74, 6) is 0.672. The summed E-state index contributed by atoms with van der Waals surface area (Å²) in [5.41, 5.74) is 2.93. The summed E-state index contributed by atoms with van der Waals surface area (Å²) in [6.45, 7) is 11.3. The Hall–Kier alpha value is -3.16. The Morgan fingerprint density at radius 1 is 1.13 bits per heavy atom. The van der Waals surface area contributed by atoms with Gasteiger partial charge in [0.2, 0.25) is 17.6 Å². The van der Waals surface area contributed by atoms with Crippen molar-refractivity contribution in [3.8, 4) is 22.6 Å². The number of benzene rings is 2. The molecule has 3 heterocycles. The quantitative estimate of drug-likeness (QED) is 0.172. The molecule has 1 aliphatic heterocycles. The summed E-state index contributed by atoms with van der Waals surface area (Å²) in [6, 6.07) is 13.0. The van der Waals surface area contributed by atoms with Gasteiger partial charge in [-0.3, -0.25) is 14.0 Å². The molecule has 5 rings (SSSR count). The second kappa shape index (κ2) is 14.7. The summed E-state index contributed by atoms with van der Waals surface area (Å²) in [5, 5.41) is 9.92. The lowest BCUT2D eigenvalue weighted by atomic mass is 10.0. The van der Waals surface area contributed by atoms with E-state index in [1.807, 2.05) is 52.1 Å².